The fraction of sp³-hybridized carbons (Fsp3) is 0.350. The Kier molecular flexibility index (Phi) is 5.74. The summed E-state index contributed by atoms with van der Waals surface area (Å²) < 4.78 is 31.3. The van der Waals surface area contributed by atoms with E-state index in [0.29, 0.717) is 11.0 Å². The molecule has 1 unspecified atom stereocenters. The van der Waals surface area contributed by atoms with Gasteiger partial charge in [0.15, 0.2) is 0 Å². The highest BCUT2D eigenvalue weighted by atomic mass is 32.2. The molecule has 1 aromatic heterocycles. The summed E-state index contributed by atoms with van der Waals surface area (Å²) in [6, 6.07) is 14.7. The fourth-order valence-electron chi connectivity index (χ4n) is 3.27. The molecule has 8 heteroatoms. The van der Waals surface area contributed by atoms with E-state index >= 15 is 0 Å². The van der Waals surface area contributed by atoms with Crippen molar-refractivity contribution in [1.29, 1.82) is 0 Å². The van der Waals surface area contributed by atoms with Gasteiger partial charge in [0.1, 0.15) is 0 Å². The third-order valence-corrected chi connectivity index (χ3v) is 6.53. The van der Waals surface area contributed by atoms with Crippen molar-refractivity contribution in [1.82, 2.24) is 18.8 Å². The van der Waals surface area contributed by atoms with Crippen LogP contribution in [0, 0.1) is 0 Å². The highest BCUT2D eigenvalue weighted by Crippen LogP contribution is 2.18. The second-order valence-corrected chi connectivity index (χ2v) is 8.98. The van der Waals surface area contributed by atoms with Crippen LogP contribution >= 0.6 is 0 Å². The van der Waals surface area contributed by atoms with Gasteiger partial charge in [0.25, 0.3) is 0 Å². The minimum Gasteiger partial charge on any atom is -0.305 e. The molecule has 0 aliphatic rings. The van der Waals surface area contributed by atoms with Gasteiger partial charge in [-0.3, -0.25) is 9.13 Å². The second kappa shape index (κ2) is 7.90. The number of sulfonamides is 1. The molecule has 2 aromatic carbocycles. The van der Waals surface area contributed by atoms with Crippen molar-refractivity contribution in [3.8, 4) is 0 Å². The standard InChI is InChI=1S/C20H26N4O3S/c1-22(2)16(12-15-8-6-5-7-9-15)14-21-28(26,27)17-10-11-18-19(13-17)24(4)20(25)23(18)3/h5-11,13,16,21H,12,14H2,1-4H3. The molecule has 150 valence electrons. The summed E-state index contributed by atoms with van der Waals surface area (Å²) in [6.07, 6.45) is 0.739. The van der Waals surface area contributed by atoms with Crippen LogP contribution in [0.4, 0.5) is 0 Å². The molecule has 1 atom stereocenters. The van der Waals surface area contributed by atoms with E-state index in [1.165, 1.54) is 15.2 Å². The van der Waals surface area contributed by atoms with E-state index in [2.05, 4.69) is 4.72 Å². The van der Waals surface area contributed by atoms with Crippen LogP contribution in [0.5, 0.6) is 0 Å². The molecule has 7 nitrogen and oxygen atoms in total. The van der Waals surface area contributed by atoms with Gasteiger partial charge >= 0.3 is 5.69 Å². The molecule has 1 heterocycles. The summed E-state index contributed by atoms with van der Waals surface area (Å²) in [6.45, 7) is 0.288. The molecule has 0 fully saturated rings. The van der Waals surface area contributed by atoms with Gasteiger partial charge < -0.3 is 4.90 Å². The van der Waals surface area contributed by atoms with E-state index in [-0.39, 0.29) is 23.2 Å². The number of fused-ring (bicyclic) bond motifs is 1. The van der Waals surface area contributed by atoms with E-state index in [4.69, 9.17) is 0 Å². The third kappa shape index (κ3) is 4.04. The van der Waals surface area contributed by atoms with Crippen LogP contribution in [0.1, 0.15) is 5.56 Å². The summed E-state index contributed by atoms with van der Waals surface area (Å²) >= 11 is 0. The van der Waals surface area contributed by atoms with Gasteiger partial charge in [0.2, 0.25) is 10.0 Å². The Morgan fingerprint density at radius 3 is 2.29 bits per heavy atom. The molecule has 0 radical (unpaired) electrons. The smallest absolute Gasteiger partial charge is 0.305 e. The van der Waals surface area contributed by atoms with Gasteiger partial charge in [-0.2, -0.15) is 0 Å². The topological polar surface area (TPSA) is 76.3 Å². The van der Waals surface area contributed by atoms with Crippen molar-refractivity contribution >= 4 is 21.1 Å². The van der Waals surface area contributed by atoms with Crippen LogP contribution in [0.2, 0.25) is 0 Å². The van der Waals surface area contributed by atoms with Gasteiger partial charge in [-0.25, -0.2) is 17.9 Å². The van der Waals surface area contributed by atoms with Crippen LogP contribution in [0.3, 0.4) is 0 Å². The van der Waals surface area contributed by atoms with Crippen molar-refractivity contribution < 1.29 is 8.42 Å². The van der Waals surface area contributed by atoms with E-state index in [1.54, 1.807) is 26.2 Å². The van der Waals surface area contributed by atoms with E-state index in [9.17, 15) is 13.2 Å². The van der Waals surface area contributed by atoms with E-state index in [1.807, 2.05) is 49.3 Å². The van der Waals surface area contributed by atoms with Crippen molar-refractivity contribution in [2.45, 2.75) is 17.4 Å². The molecule has 0 saturated carbocycles. The Morgan fingerprint density at radius 2 is 1.64 bits per heavy atom. The summed E-state index contributed by atoms with van der Waals surface area (Å²) in [7, 11) is 3.49. The summed E-state index contributed by atoms with van der Waals surface area (Å²) in [5, 5.41) is 0. The Balaban J connectivity index is 1.81. The number of aromatic nitrogens is 2. The van der Waals surface area contributed by atoms with E-state index in [0.717, 1.165) is 12.0 Å². The van der Waals surface area contributed by atoms with Crippen LogP contribution in [0.15, 0.2) is 58.2 Å². The highest BCUT2D eigenvalue weighted by Gasteiger charge is 2.20. The molecule has 0 amide bonds. The fourth-order valence-corrected chi connectivity index (χ4v) is 4.36. The number of hydrogen-bond donors (Lipinski definition) is 1. The average Bonchev–Trinajstić information content (AvgIpc) is 2.89. The maximum Gasteiger partial charge on any atom is 0.328 e. The molecule has 3 aromatic rings. The number of likely N-dealkylation sites (N-methyl/N-ethyl adjacent to an activating group) is 1. The van der Waals surface area contributed by atoms with Crippen molar-refractivity contribution in [2.24, 2.45) is 14.1 Å². The van der Waals surface area contributed by atoms with Crippen LogP contribution in [0.25, 0.3) is 11.0 Å². The molecular formula is C20H26N4O3S. The first-order chi connectivity index (χ1) is 13.2. The minimum atomic E-state index is -3.69. The number of nitrogens with zero attached hydrogens (tertiary/aromatic N) is 3. The van der Waals surface area contributed by atoms with Gasteiger partial charge in [0, 0.05) is 26.7 Å². The first-order valence-electron chi connectivity index (χ1n) is 9.06. The number of benzene rings is 2. The molecule has 1 N–H and O–H groups in total. The van der Waals surface area contributed by atoms with Crippen LogP contribution in [-0.4, -0.2) is 49.1 Å². The summed E-state index contributed by atoms with van der Waals surface area (Å²) in [5.74, 6) is 0. The Bertz CT molecular complexity index is 1130. The Morgan fingerprint density at radius 1 is 1.00 bits per heavy atom. The number of nitrogens with one attached hydrogen (secondary N) is 1. The van der Waals surface area contributed by atoms with Crippen molar-refractivity contribution in [3.05, 3.63) is 64.6 Å². The SMILES string of the molecule is CN(C)C(CNS(=O)(=O)c1ccc2c(c1)n(C)c(=O)n2C)Cc1ccccc1. The molecular weight excluding hydrogens is 376 g/mol. The molecule has 28 heavy (non-hydrogen) atoms. The third-order valence-electron chi connectivity index (χ3n) is 5.11. The predicted octanol–water partition coefficient (Wildman–Crippen LogP) is 1.33. The lowest BCUT2D eigenvalue weighted by molar-refractivity contribution is 0.291. The number of imidazole rings is 1. The van der Waals surface area contributed by atoms with Gasteiger partial charge in [-0.05, 0) is 44.3 Å². The zero-order valence-corrected chi connectivity index (χ0v) is 17.4. The van der Waals surface area contributed by atoms with Gasteiger partial charge in [0.05, 0.1) is 15.9 Å². The van der Waals surface area contributed by atoms with E-state index < -0.39 is 10.0 Å². The van der Waals surface area contributed by atoms with Crippen molar-refractivity contribution in [2.75, 3.05) is 20.6 Å². The lowest BCUT2D eigenvalue weighted by atomic mass is 10.1. The average molecular weight is 403 g/mol. The molecule has 0 spiro atoms. The number of rotatable bonds is 7. The van der Waals surface area contributed by atoms with Gasteiger partial charge in [-0.15, -0.1) is 0 Å². The largest absolute Gasteiger partial charge is 0.328 e. The second-order valence-electron chi connectivity index (χ2n) is 7.21. The lowest BCUT2D eigenvalue weighted by Crippen LogP contribution is -2.41. The van der Waals surface area contributed by atoms with Crippen LogP contribution in [-0.2, 0) is 30.5 Å². The first kappa shape index (κ1) is 20.3. The molecule has 0 aliphatic carbocycles. The minimum absolute atomic E-state index is 0.0157. The summed E-state index contributed by atoms with van der Waals surface area (Å²) in [4.78, 5) is 14.2. The Hall–Kier alpha value is -2.42. The highest BCUT2D eigenvalue weighted by molar-refractivity contribution is 7.89. The normalized spacial score (nSPS) is 13.3. The number of hydrogen-bond acceptors (Lipinski definition) is 4. The maximum atomic E-state index is 12.8. The first-order valence-corrected chi connectivity index (χ1v) is 10.5. The Labute approximate surface area is 165 Å². The zero-order chi connectivity index (χ0) is 20.5. The quantitative estimate of drug-likeness (QED) is 0.647. The molecule has 0 aliphatic heterocycles. The van der Waals surface area contributed by atoms with Crippen molar-refractivity contribution in [3.63, 3.8) is 0 Å². The summed E-state index contributed by atoms with van der Waals surface area (Å²) in [5.41, 5.74) is 2.25. The molecule has 3 rings (SSSR count). The monoisotopic (exact) mass is 402 g/mol. The molecule has 0 saturated heterocycles. The lowest BCUT2D eigenvalue weighted by Gasteiger charge is -2.24. The molecule has 0 bridgehead atoms. The zero-order valence-electron chi connectivity index (χ0n) is 16.6. The predicted molar refractivity (Wildman–Crippen MR) is 111 cm³/mol. The number of aryl methyl sites for hydroxylation is 2. The maximum absolute atomic E-state index is 12.8. The van der Waals surface area contributed by atoms with Crippen LogP contribution < -0.4 is 10.4 Å². The van der Waals surface area contributed by atoms with Gasteiger partial charge in [-0.1, -0.05) is 30.3 Å².